The maximum atomic E-state index is 5.67. The minimum absolute atomic E-state index is 0.772. The van der Waals surface area contributed by atoms with Crippen molar-refractivity contribution in [3.8, 4) is 0 Å². The summed E-state index contributed by atoms with van der Waals surface area (Å²) in [6.45, 7) is 4.43. The van der Waals surface area contributed by atoms with E-state index >= 15 is 0 Å². The van der Waals surface area contributed by atoms with Gasteiger partial charge in [0.05, 0.1) is 0 Å². The monoisotopic (exact) mass is 210 g/mol. The van der Waals surface area contributed by atoms with Gasteiger partial charge in [0.1, 0.15) is 0 Å². The molecule has 2 N–H and O–H groups in total. The van der Waals surface area contributed by atoms with Gasteiger partial charge in [-0.15, -0.1) is 0 Å². The summed E-state index contributed by atoms with van der Waals surface area (Å²) in [5.74, 6) is 0.772. The number of thiophene rings is 1. The van der Waals surface area contributed by atoms with Gasteiger partial charge in [0.2, 0.25) is 0 Å². The van der Waals surface area contributed by atoms with Crippen molar-refractivity contribution < 1.29 is 0 Å². The molecule has 0 aromatic carbocycles. The van der Waals surface area contributed by atoms with Crippen molar-refractivity contribution in [3.05, 3.63) is 22.4 Å². The molecule has 0 aliphatic carbocycles. The Morgan fingerprint density at radius 3 is 2.79 bits per heavy atom. The zero-order valence-corrected chi connectivity index (χ0v) is 9.30. The molecule has 3 heteroatoms. The summed E-state index contributed by atoms with van der Waals surface area (Å²) in [5, 5.41) is 4.40. The Balaban J connectivity index is 1.79. The lowest BCUT2D eigenvalue weighted by atomic mass is 9.97. The molecule has 78 valence electrons. The summed E-state index contributed by atoms with van der Waals surface area (Å²) in [4.78, 5) is 2.54. The summed E-state index contributed by atoms with van der Waals surface area (Å²) < 4.78 is 0. The standard InChI is InChI=1S/C11H18N2S/c12-7-10-1-4-13(5-2-10)8-11-3-6-14-9-11/h3,6,9-10H,1-2,4-5,7-8,12H2. The number of likely N-dealkylation sites (tertiary alicyclic amines) is 1. The van der Waals surface area contributed by atoms with E-state index in [0.29, 0.717) is 0 Å². The van der Waals surface area contributed by atoms with Crippen LogP contribution in [0.5, 0.6) is 0 Å². The van der Waals surface area contributed by atoms with E-state index in [0.717, 1.165) is 19.0 Å². The second-order valence-corrected chi connectivity index (χ2v) is 4.87. The van der Waals surface area contributed by atoms with Crippen LogP contribution in [0, 0.1) is 5.92 Å². The van der Waals surface area contributed by atoms with Crippen LogP contribution in [-0.2, 0) is 6.54 Å². The second kappa shape index (κ2) is 4.91. The number of hydrogen-bond acceptors (Lipinski definition) is 3. The third-order valence-electron chi connectivity index (χ3n) is 3.03. The van der Waals surface area contributed by atoms with Crippen LogP contribution in [0.1, 0.15) is 18.4 Å². The average molecular weight is 210 g/mol. The number of nitrogens with two attached hydrogens (primary N) is 1. The zero-order valence-electron chi connectivity index (χ0n) is 8.48. The van der Waals surface area contributed by atoms with E-state index in [4.69, 9.17) is 5.73 Å². The minimum Gasteiger partial charge on any atom is -0.330 e. The van der Waals surface area contributed by atoms with Gasteiger partial charge >= 0.3 is 0 Å². The van der Waals surface area contributed by atoms with E-state index in [2.05, 4.69) is 21.7 Å². The molecule has 1 aromatic rings. The van der Waals surface area contributed by atoms with E-state index in [-0.39, 0.29) is 0 Å². The molecule has 0 bridgehead atoms. The van der Waals surface area contributed by atoms with Crippen LogP contribution in [-0.4, -0.2) is 24.5 Å². The van der Waals surface area contributed by atoms with Gasteiger partial charge in [0, 0.05) is 6.54 Å². The SMILES string of the molecule is NCC1CCN(Cc2ccsc2)CC1. The van der Waals surface area contributed by atoms with Crippen molar-refractivity contribution in [3.63, 3.8) is 0 Å². The molecule has 0 saturated carbocycles. The van der Waals surface area contributed by atoms with Gasteiger partial charge < -0.3 is 5.73 Å². The maximum absolute atomic E-state index is 5.67. The lowest BCUT2D eigenvalue weighted by Gasteiger charge is -2.30. The lowest BCUT2D eigenvalue weighted by molar-refractivity contribution is 0.180. The number of hydrogen-bond donors (Lipinski definition) is 1. The van der Waals surface area contributed by atoms with Gasteiger partial charge in [-0.05, 0) is 60.8 Å². The fourth-order valence-electron chi connectivity index (χ4n) is 2.02. The topological polar surface area (TPSA) is 29.3 Å². The highest BCUT2D eigenvalue weighted by Gasteiger charge is 2.17. The molecule has 0 unspecified atom stereocenters. The molecule has 0 amide bonds. The Labute approximate surface area is 89.7 Å². The van der Waals surface area contributed by atoms with E-state index in [1.165, 1.54) is 31.5 Å². The highest BCUT2D eigenvalue weighted by atomic mass is 32.1. The predicted molar refractivity (Wildman–Crippen MR) is 61.4 cm³/mol. The van der Waals surface area contributed by atoms with Crippen molar-refractivity contribution in [2.45, 2.75) is 19.4 Å². The fourth-order valence-corrected chi connectivity index (χ4v) is 2.68. The van der Waals surface area contributed by atoms with Crippen molar-refractivity contribution in [2.75, 3.05) is 19.6 Å². The molecule has 2 nitrogen and oxygen atoms in total. The predicted octanol–water partition coefficient (Wildman–Crippen LogP) is 1.92. The first-order valence-electron chi connectivity index (χ1n) is 5.32. The Kier molecular flexibility index (Phi) is 3.56. The zero-order chi connectivity index (χ0) is 9.80. The van der Waals surface area contributed by atoms with Crippen LogP contribution in [0.15, 0.2) is 16.8 Å². The van der Waals surface area contributed by atoms with Gasteiger partial charge in [-0.1, -0.05) is 0 Å². The highest BCUT2D eigenvalue weighted by Crippen LogP contribution is 2.18. The average Bonchev–Trinajstić information content (AvgIpc) is 2.72. The van der Waals surface area contributed by atoms with Crippen molar-refractivity contribution in [2.24, 2.45) is 11.7 Å². The molecule has 1 aliphatic rings. The van der Waals surface area contributed by atoms with E-state index in [9.17, 15) is 0 Å². The number of rotatable bonds is 3. The van der Waals surface area contributed by atoms with Crippen LogP contribution in [0.25, 0.3) is 0 Å². The van der Waals surface area contributed by atoms with Gasteiger partial charge in [0.25, 0.3) is 0 Å². The summed E-state index contributed by atoms with van der Waals surface area (Å²) in [7, 11) is 0. The summed E-state index contributed by atoms with van der Waals surface area (Å²) >= 11 is 1.79. The first kappa shape index (κ1) is 10.1. The summed E-state index contributed by atoms with van der Waals surface area (Å²) in [6, 6.07) is 2.22. The minimum atomic E-state index is 0.772. The molecule has 2 rings (SSSR count). The van der Waals surface area contributed by atoms with Gasteiger partial charge in [-0.25, -0.2) is 0 Å². The molecule has 14 heavy (non-hydrogen) atoms. The first-order chi connectivity index (χ1) is 6.88. The maximum Gasteiger partial charge on any atom is 0.0241 e. The second-order valence-electron chi connectivity index (χ2n) is 4.09. The Morgan fingerprint density at radius 1 is 1.43 bits per heavy atom. The van der Waals surface area contributed by atoms with E-state index in [1.54, 1.807) is 11.3 Å². The number of piperidine rings is 1. The molecule has 0 spiro atoms. The van der Waals surface area contributed by atoms with E-state index in [1.807, 2.05) is 0 Å². The third kappa shape index (κ3) is 2.56. The van der Waals surface area contributed by atoms with Crippen LogP contribution in [0.4, 0.5) is 0 Å². The normalized spacial score (nSPS) is 20.1. The van der Waals surface area contributed by atoms with Crippen molar-refractivity contribution in [1.82, 2.24) is 4.90 Å². The van der Waals surface area contributed by atoms with Crippen LogP contribution < -0.4 is 5.73 Å². The van der Waals surface area contributed by atoms with Crippen molar-refractivity contribution in [1.29, 1.82) is 0 Å². The largest absolute Gasteiger partial charge is 0.330 e. The summed E-state index contributed by atoms with van der Waals surface area (Å²) in [6.07, 6.45) is 2.56. The van der Waals surface area contributed by atoms with Gasteiger partial charge in [-0.2, -0.15) is 11.3 Å². The molecule has 1 saturated heterocycles. The quantitative estimate of drug-likeness (QED) is 0.826. The molecule has 1 aromatic heterocycles. The molecule has 1 fully saturated rings. The van der Waals surface area contributed by atoms with Gasteiger partial charge in [0.15, 0.2) is 0 Å². The molecular weight excluding hydrogens is 192 g/mol. The highest BCUT2D eigenvalue weighted by molar-refractivity contribution is 7.07. The third-order valence-corrected chi connectivity index (χ3v) is 3.76. The molecular formula is C11H18N2S. The van der Waals surface area contributed by atoms with Crippen LogP contribution in [0.2, 0.25) is 0 Å². The van der Waals surface area contributed by atoms with Gasteiger partial charge in [-0.3, -0.25) is 4.90 Å². The summed E-state index contributed by atoms with van der Waals surface area (Å²) in [5.41, 5.74) is 7.13. The Bertz CT molecular complexity index is 250. The molecule has 0 radical (unpaired) electrons. The Hall–Kier alpha value is -0.380. The number of nitrogens with zero attached hydrogens (tertiary/aromatic N) is 1. The van der Waals surface area contributed by atoms with Crippen LogP contribution in [0.3, 0.4) is 0 Å². The van der Waals surface area contributed by atoms with Crippen LogP contribution >= 0.6 is 11.3 Å². The molecule has 1 aliphatic heterocycles. The molecule has 2 heterocycles. The first-order valence-corrected chi connectivity index (χ1v) is 6.26. The van der Waals surface area contributed by atoms with E-state index < -0.39 is 0 Å². The molecule has 0 atom stereocenters. The van der Waals surface area contributed by atoms with Crippen molar-refractivity contribution >= 4 is 11.3 Å². The smallest absolute Gasteiger partial charge is 0.0241 e. The fraction of sp³-hybridized carbons (Fsp3) is 0.636. The Morgan fingerprint density at radius 2 is 2.21 bits per heavy atom. The lowest BCUT2D eigenvalue weighted by Crippen LogP contribution is -2.35.